The second kappa shape index (κ2) is 7.09. The molecule has 6 nitrogen and oxygen atoms in total. The maximum Gasteiger partial charge on any atom is 0.256 e. The number of phenols is 1. The van der Waals surface area contributed by atoms with Gasteiger partial charge in [0.15, 0.2) is 0 Å². The van der Waals surface area contributed by atoms with Crippen LogP contribution < -0.4 is 5.56 Å². The highest BCUT2D eigenvalue weighted by Gasteiger charge is 2.37. The molecule has 2 aromatic heterocycles. The Morgan fingerprint density at radius 3 is 2.73 bits per heavy atom. The Labute approximate surface area is 172 Å². The van der Waals surface area contributed by atoms with Gasteiger partial charge in [-0.05, 0) is 42.2 Å². The first-order chi connectivity index (χ1) is 14.5. The molecule has 1 saturated heterocycles. The number of halogens is 1. The van der Waals surface area contributed by atoms with Gasteiger partial charge in [-0.15, -0.1) is 0 Å². The standard InChI is InChI=1S/C23H20FN3O3/c24-20-9-18(28)3-4-19(20)23(30)26-11-14-6-17(13-26)21-7-16(8-22(29)27(21)12-14)15-2-1-5-25-10-15/h1-5,7-10,14,17,28H,6,11-13H2/t14-,17+/m0/s1. The number of aromatic hydroxyl groups is 1. The average Bonchev–Trinajstić information content (AvgIpc) is 2.74. The summed E-state index contributed by atoms with van der Waals surface area (Å²) in [6.07, 6.45) is 4.30. The second-order valence-electron chi connectivity index (χ2n) is 8.03. The number of pyridine rings is 2. The highest BCUT2D eigenvalue weighted by atomic mass is 19.1. The maximum absolute atomic E-state index is 14.2. The third kappa shape index (κ3) is 3.16. The molecule has 1 fully saturated rings. The molecule has 1 amide bonds. The molecule has 5 rings (SSSR count). The third-order valence-corrected chi connectivity index (χ3v) is 6.02. The average molecular weight is 405 g/mol. The molecule has 0 spiro atoms. The summed E-state index contributed by atoms with van der Waals surface area (Å²) >= 11 is 0. The molecule has 152 valence electrons. The predicted molar refractivity (Wildman–Crippen MR) is 109 cm³/mol. The van der Waals surface area contributed by atoms with Gasteiger partial charge in [0, 0.05) is 61.3 Å². The molecule has 1 N–H and O–H groups in total. The number of carbonyl (C=O) groups excluding carboxylic acids is 1. The van der Waals surface area contributed by atoms with Crippen molar-refractivity contribution in [3.05, 3.63) is 82.3 Å². The first-order valence-electron chi connectivity index (χ1n) is 9.92. The number of fused-ring (bicyclic) bond motifs is 4. The lowest BCUT2D eigenvalue weighted by atomic mass is 9.82. The van der Waals surface area contributed by atoms with Gasteiger partial charge in [0.05, 0.1) is 5.56 Å². The fourth-order valence-electron chi connectivity index (χ4n) is 4.67. The molecule has 30 heavy (non-hydrogen) atoms. The number of benzene rings is 1. The fraction of sp³-hybridized carbons (Fsp3) is 0.261. The van der Waals surface area contributed by atoms with Gasteiger partial charge in [-0.3, -0.25) is 14.6 Å². The maximum atomic E-state index is 14.2. The van der Waals surface area contributed by atoms with Gasteiger partial charge in [-0.2, -0.15) is 0 Å². The van der Waals surface area contributed by atoms with Gasteiger partial charge in [-0.1, -0.05) is 6.07 Å². The lowest BCUT2D eigenvalue weighted by molar-refractivity contribution is 0.0590. The Kier molecular flexibility index (Phi) is 4.38. The highest BCUT2D eigenvalue weighted by molar-refractivity contribution is 5.94. The van der Waals surface area contributed by atoms with Gasteiger partial charge in [-0.25, -0.2) is 4.39 Å². The number of carbonyl (C=O) groups is 1. The monoisotopic (exact) mass is 405 g/mol. The van der Waals surface area contributed by atoms with Crippen molar-refractivity contribution in [2.24, 2.45) is 5.92 Å². The van der Waals surface area contributed by atoms with Gasteiger partial charge in [0.2, 0.25) is 0 Å². The molecule has 7 heteroatoms. The molecule has 2 aliphatic heterocycles. The van der Waals surface area contributed by atoms with E-state index in [1.807, 2.05) is 22.8 Å². The molecule has 3 aromatic rings. The number of hydrogen-bond acceptors (Lipinski definition) is 4. The zero-order chi connectivity index (χ0) is 20.8. The van der Waals surface area contributed by atoms with E-state index in [0.29, 0.717) is 19.6 Å². The van der Waals surface area contributed by atoms with Crippen molar-refractivity contribution in [1.82, 2.24) is 14.5 Å². The SMILES string of the molecule is O=C(c1ccc(O)cc1F)N1C[C@@H]2C[C@H](C1)c1cc(-c3cccnc3)cc(=O)n1C2. The number of phenolic OH excluding ortho intramolecular Hbond substituents is 1. The predicted octanol–water partition coefficient (Wildman–Crippen LogP) is 3.01. The summed E-state index contributed by atoms with van der Waals surface area (Å²) < 4.78 is 16.0. The van der Waals surface area contributed by atoms with E-state index in [1.165, 1.54) is 12.1 Å². The van der Waals surface area contributed by atoms with E-state index in [2.05, 4.69) is 4.98 Å². The van der Waals surface area contributed by atoms with E-state index < -0.39 is 5.82 Å². The lowest BCUT2D eigenvalue weighted by Crippen LogP contribution is -2.49. The summed E-state index contributed by atoms with van der Waals surface area (Å²) in [5, 5.41) is 9.41. The quantitative estimate of drug-likeness (QED) is 0.711. The van der Waals surface area contributed by atoms with Crippen molar-refractivity contribution in [3.63, 3.8) is 0 Å². The number of nitrogens with zero attached hydrogens (tertiary/aromatic N) is 3. The molecule has 2 aliphatic rings. The van der Waals surface area contributed by atoms with Crippen LogP contribution in [0.2, 0.25) is 0 Å². The van der Waals surface area contributed by atoms with Crippen LogP contribution in [0.5, 0.6) is 5.75 Å². The van der Waals surface area contributed by atoms with Crippen LogP contribution in [0.15, 0.2) is 59.7 Å². The molecule has 0 saturated carbocycles. The molecule has 0 aliphatic carbocycles. The Morgan fingerprint density at radius 2 is 1.97 bits per heavy atom. The summed E-state index contributed by atoms with van der Waals surface area (Å²) in [6.45, 7) is 1.44. The lowest BCUT2D eigenvalue weighted by Gasteiger charge is -2.43. The number of hydrogen-bond donors (Lipinski definition) is 1. The van der Waals surface area contributed by atoms with Crippen molar-refractivity contribution in [3.8, 4) is 16.9 Å². The molecule has 1 aromatic carbocycles. The highest BCUT2D eigenvalue weighted by Crippen LogP contribution is 2.37. The van der Waals surface area contributed by atoms with Crippen LogP contribution >= 0.6 is 0 Å². The minimum Gasteiger partial charge on any atom is -0.508 e. The van der Waals surface area contributed by atoms with Crippen molar-refractivity contribution in [2.75, 3.05) is 13.1 Å². The van der Waals surface area contributed by atoms with Crippen LogP contribution in [-0.4, -0.2) is 38.6 Å². The van der Waals surface area contributed by atoms with Crippen LogP contribution in [0.4, 0.5) is 4.39 Å². The first-order valence-corrected chi connectivity index (χ1v) is 9.92. The number of aromatic nitrogens is 2. The van der Waals surface area contributed by atoms with Crippen LogP contribution in [0, 0.1) is 11.7 Å². The number of likely N-dealkylation sites (tertiary alicyclic amines) is 1. The molecular formula is C23H20FN3O3. The largest absolute Gasteiger partial charge is 0.508 e. The Hall–Kier alpha value is -3.48. The summed E-state index contributed by atoms with van der Waals surface area (Å²) in [5.74, 6) is -1.18. The van der Waals surface area contributed by atoms with Gasteiger partial charge in [0.25, 0.3) is 11.5 Å². The zero-order valence-corrected chi connectivity index (χ0v) is 16.2. The van der Waals surface area contributed by atoms with Gasteiger partial charge >= 0.3 is 0 Å². The van der Waals surface area contributed by atoms with E-state index in [-0.39, 0.29) is 34.6 Å². The number of piperidine rings is 1. The van der Waals surface area contributed by atoms with Crippen molar-refractivity contribution in [1.29, 1.82) is 0 Å². The Bertz CT molecular complexity index is 1190. The number of amides is 1. The van der Waals surface area contributed by atoms with Crippen molar-refractivity contribution >= 4 is 5.91 Å². The minimum atomic E-state index is -0.730. The van der Waals surface area contributed by atoms with Crippen molar-refractivity contribution < 1.29 is 14.3 Å². The smallest absolute Gasteiger partial charge is 0.256 e. The van der Waals surface area contributed by atoms with Crippen LogP contribution in [0.25, 0.3) is 11.1 Å². The molecule has 0 radical (unpaired) electrons. The van der Waals surface area contributed by atoms with E-state index in [4.69, 9.17) is 0 Å². The second-order valence-corrected chi connectivity index (χ2v) is 8.03. The summed E-state index contributed by atoms with van der Waals surface area (Å²) in [7, 11) is 0. The van der Waals surface area contributed by atoms with Crippen molar-refractivity contribution in [2.45, 2.75) is 18.9 Å². The normalized spacial score (nSPS) is 20.0. The van der Waals surface area contributed by atoms with Crippen LogP contribution in [0.3, 0.4) is 0 Å². The zero-order valence-electron chi connectivity index (χ0n) is 16.2. The summed E-state index contributed by atoms with van der Waals surface area (Å²) in [6, 6.07) is 11.0. The molecular weight excluding hydrogens is 385 g/mol. The fourth-order valence-corrected chi connectivity index (χ4v) is 4.67. The van der Waals surface area contributed by atoms with E-state index in [9.17, 15) is 19.1 Å². The molecule has 2 bridgehead atoms. The van der Waals surface area contributed by atoms with Gasteiger partial charge in [0.1, 0.15) is 11.6 Å². The molecule has 2 atom stereocenters. The first kappa shape index (κ1) is 18.5. The van der Waals surface area contributed by atoms with Crippen LogP contribution in [-0.2, 0) is 6.54 Å². The van der Waals surface area contributed by atoms with E-state index >= 15 is 0 Å². The Morgan fingerprint density at radius 1 is 1.10 bits per heavy atom. The Balaban J connectivity index is 1.49. The van der Waals surface area contributed by atoms with E-state index in [1.54, 1.807) is 23.4 Å². The molecule has 4 heterocycles. The summed E-state index contributed by atoms with van der Waals surface area (Å²) in [5.41, 5.74) is 2.49. The number of rotatable bonds is 2. The van der Waals surface area contributed by atoms with Gasteiger partial charge < -0.3 is 14.6 Å². The summed E-state index contributed by atoms with van der Waals surface area (Å²) in [4.78, 5) is 31.5. The molecule has 0 unspecified atom stereocenters. The minimum absolute atomic E-state index is 0.00551. The third-order valence-electron chi connectivity index (χ3n) is 6.02. The van der Waals surface area contributed by atoms with E-state index in [0.717, 1.165) is 29.3 Å². The van der Waals surface area contributed by atoms with Crippen LogP contribution in [0.1, 0.15) is 28.4 Å². The topological polar surface area (TPSA) is 75.4 Å².